The van der Waals surface area contributed by atoms with Gasteiger partial charge in [-0.1, -0.05) is 23.7 Å². The third kappa shape index (κ3) is 5.83. The Bertz CT molecular complexity index is 1020. The Morgan fingerprint density at radius 1 is 1.03 bits per heavy atom. The monoisotopic (exact) mass is 413 g/mol. The van der Waals surface area contributed by atoms with Crippen LogP contribution in [0.25, 0.3) is 11.3 Å². The molecule has 3 rings (SSSR count). The van der Waals surface area contributed by atoms with Crippen LogP contribution in [0.2, 0.25) is 5.02 Å². The zero-order chi connectivity index (χ0) is 20.6. The van der Waals surface area contributed by atoms with Crippen molar-refractivity contribution in [1.82, 2.24) is 15.1 Å². The molecule has 0 saturated heterocycles. The number of amides is 1. The van der Waals surface area contributed by atoms with E-state index in [1.54, 1.807) is 49.6 Å². The van der Waals surface area contributed by atoms with E-state index >= 15 is 0 Å². The van der Waals surface area contributed by atoms with Crippen molar-refractivity contribution in [3.8, 4) is 22.8 Å². The smallest absolute Gasteiger partial charge is 0.266 e. The number of nitrogens with one attached hydrogen (secondary N) is 1. The molecule has 7 nitrogen and oxygen atoms in total. The van der Waals surface area contributed by atoms with Gasteiger partial charge in [0.05, 0.1) is 19.3 Å². The summed E-state index contributed by atoms with van der Waals surface area (Å²) in [6, 6.07) is 17.2. The highest BCUT2D eigenvalue weighted by molar-refractivity contribution is 6.30. The lowest BCUT2D eigenvalue weighted by Gasteiger charge is -2.10. The molecular formula is C21H20ClN3O4. The normalized spacial score (nSPS) is 10.4. The largest absolute Gasteiger partial charge is 0.497 e. The maximum absolute atomic E-state index is 12.0. The van der Waals surface area contributed by atoms with Crippen molar-refractivity contribution in [3.63, 3.8) is 0 Å². The summed E-state index contributed by atoms with van der Waals surface area (Å²) in [7, 11) is 1.58. The highest BCUT2D eigenvalue weighted by Gasteiger charge is 2.06. The molecule has 1 N–H and O–H groups in total. The molecule has 29 heavy (non-hydrogen) atoms. The van der Waals surface area contributed by atoms with Gasteiger partial charge in [0.25, 0.3) is 11.5 Å². The summed E-state index contributed by atoms with van der Waals surface area (Å²) in [6.45, 7) is 0.371. The van der Waals surface area contributed by atoms with Gasteiger partial charge < -0.3 is 14.8 Å². The molecule has 3 aromatic rings. The van der Waals surface area contributed by atoms with Crippen molar-refractivity contribution in [2.24, 2.45) is 0 Å². The number of benzene rings is 2. The second-order valence-electron chi connectivity index (χ2n) is 6.10. The van der Waals surface area contributed by atoms with Crippen molar-refractivity contribution >= 4 is 17.5 Å². The van der Waals surface area contributed by atoms with Gasteiger partial charge in [0.15, 0.2) is 6.61 Å². The van der Waals surface area contributed by atoms with Crippen molar-refractivity contribution in [3.05, 3.63) is 76.0 Å². The minimum absolute atomic E-state index is 0.126. The van der Waals surface area contributed by atoms with Gasteiger partial charge in [-0.2, -0.15) is 5.10 Å². The minimum atomic E-state index is -0.289. The molecule has 1 heterocycles. The van der Waals surface area contributed by atoms with E-state index in [9.17, 15) is 9.59 Å². The van der Waals surface area contributed by atoms with E-state index in [1.807, 2.05) is 12.1 Å². The second-order valence-corrected chi connectivity index (χ2v) is 6.54. The number of hydrogen-bond donors (Lipinski definition) is 1. The number of rotatable bonds is 8. The fourth-order valence-electron chi connectivity index (χ4n) is 2.56. The number of hydrogen-bond acceptors (Lipinski definition) is 5. The minimum Gasteiger partial charge on any atom is -0.497 e. The molecule has 0 radical (unpaired) electrons. The first-order valence-electron chi connectivity index (χ1n) is 8.93. The van der Waals surface area contributed by atoms with Gasteiger partial charge in [-0.25, -0.2) is 4.68 Å². The Kier molecular flexibility index (Phi) is 6.86. The van der Waals surface area contributed by atoms with Crippen LogP contribution in [0, 0.1) is 0 Å². The third-order valence-corrected chi connectivity index (χ3v) is 4.33. The molecule has 0 unspecified atom stereocenters. The molecule has 0 aliphatic heterocycles. The van der Waals surface area contributed by atoms with Crippen molar-refractivity contribution in [1.29, 1.82) is 0 Å². The Labute approximate surface area is 172 Å². The van der Waals surface area contributed by atoms with Crippen LogP contribution in [0.5, 0.6) is 11.5 Å². The van der Waals surface area contributed by atoms with Crippen LogP contribution in [0.3, 0.4) is 0 Å². The van der Waals surface area contributed by atoms with Crippen LogP contribution in [-0.4, -0.2) is 35.9 Å². The summed E-state index contributed by atoms with van der Waals surface area (Å²) in [5.74, 6) is 0.984. The summed E-state index contributed by atoms with van der Waals surface area (Å²) in [5, 5.41) is 7.68. The van der Waals surface area contributed by atoms with E-state index in [2.05, 4.69) is 10.4 Å². The summed E-state index contributed by atoms with van der Waals surface area (Å²) in [4.78, 5) is 24.0. The van der Waals surface area contributed by atoms with Crippen molar-refractivity contribution < 1.29 is 14.3 Å². The van der Waals surface area contributed by atoms with E-state index in [0.717, 1.165) is 5.56 Å². The van der Waals surface area contributed by atoms with E-state index < -0.39 is 0 Å². The molecule has 8 heteroatoms. The molecule has 0 bridgehead atoms. The molecule has 0 spiro atoms. The van der Waals surface area contributed by atoms with Crippen molar-refractivity contribution in [2.45, 2.75) is 6.54 Å². The van der Waals surface area contributed by atoms with E-state index in [0.29, 0.717) is 22.2 Å². The topological polar surface area (TPSA) is 82.4 Å². The quantitative estimate of drug-likeness (QED) is 0.614. The Morgan fingerprint density at radius 3 is 2.41 bits per heavy atom. The van der Waals surface area contributed by atoms with Gasteiger partial charge in [-0.3, -0.25) is 9.59 Å². The fourth-order valence-corrected chi connectivity index (χ4v) is 2.68. The second kappa shape index (κ2) is 9.75. The number of carbonyl (C=O) groups excluding carboxylic acids is 1. The summed E-state index contributed by atoms with van der Waals surface area (Å²) < 4.78 is 11.8. The first-order valence-corrected chi connectivity index (χ1v) is 9.30. The number of nitrogens with zero attached hydrogens (tertiary/aromatic N) is 2. The first-order chi connectivity index (χ1) is 14.0. The molecule has 0 atom stereocenters. The van der Waals surface area contributed by atoms with E-state index in [1.165, 1.54) is 10.7 Å². The van der Waals surface area contributed by atoms with Crippen LogP contribution < -0.4 is 20.3 Å². The highest BCUT2D eigenvalue weighted by Crippen LogP contribution is 2.18. The molecule has 2 aromatic carbocycles. The number of ether oxygens (including phenoxy) is 2. The molecule has 1 amide bonds. The van der Waals surface area contributed by atoms with Crippen molar-refractivity contribution in [2.75, 3.05) is 20.3 Å². The zero-order valence-corrected chi connectivity index (χ0v) is 16.6. The molecule has 0 saturated carbocycles. The van der Waals surface area contributed by atoms with Crippen LogP contribution in [0.15, 0.2) is 65.5 Å². The van der Waals surface area contributed by atoms with E-state index in [4.69, 9.17) is 21.1 Å². The van der Waals surface area contributed by atoms with Crippen LogP contribution >= 0.6 is 11.6 Å². The Morgan fingerprint density at radius 2 is 1.72 bits per heavy atom. The Balaban J connectivity index is 1.51. The van der Waals surface area contributed by atoms with Gasteiger partial charge in [-0.05, 0) is 42.5 Å². The standard InChI is InChI=1S/C21H20ClN3O4/c1-28-17-6-8-18(9-7-17)29-14-20(26)23-12-13-25-21(27)11-10-19(24-25)15-2-4-16(22)5-3-15/h2-11H,12-14H2,1H3,(H,23,26). The SMILES string of the molecule is COc1ccc(OCC(=O)NCCn2nc(-c3ccc(Cl)cc3)ccc2=O)cc1. The summed E-state index contributed by atoms with van der Waals surface area (Å²) in [5.41, 5.74) is 1.25. The lowest BCUT2D eigenvalue weighted by Crippen LogP contribution is -2.34. The number of methoxy groups -OCH3 is 1. The lowest BCUT2D eigenvalue weighted by atomic mass is 10.1. The predicted octanol–water partition coefficient (Wildman–Crippen LogP) is 2.77. The number of aromatic nitrogens is 2. The molecule has 1 aromatic heterocycles. The van der Waals surface area contributed by atoms with Gasteiger partial charge >= 0.3 is 0 Å². The maximum Gasteiger partial charge on any atom is 0.266 e. The fraction of sp³-hybridized carbons (Fsp3) is 0.190. The molecule has 0 aliphatic rings. The van der Waals surface area contributed by atoms with Crippen LogP contribution in [-0.2, 0) is 11.3 Å². The molecular weight excluding hydrogens is 394 g/mol. The molecule has 150 valence electrons. The lowest BCUT2D eigenvalue weighted by molar-refractivity contribution is -0.123. The summed E-state index contributed by atoms with van der Waals surface area (Å²) in [6.07, 6.45) is 0. The number of halogens is 1. The summed E-state index contributed by atoms with van der Waals surface area (Å²) >= 11 is 5.90. The van der Waals surface area contributed by atoms with Gasteiger partial charge in [0.2, 0.25) is 0 Å². The predicted molar refractivity (Wildman–Crippen MR) is 110 cm³/mol. The first kappa shape index (κ1) is 20.4. The third-order valence-electron chi connectivity index (χ3n) is 4.08. The number of carbonyl (C=O) groups is 1. The van der Waals surface area contributed by atoms with Crippen LogP contribution in [0.1, 0.15) is 0 Å². The molecule has 0 fully saturated rings. The zero-order valence-electron chi connectivity index (χ0n) is 15.8. The highest BCUT2D eigenvalue weighted by atomic mass is 35.5. The Hall–Kier alpha value is -3.32. The van der Waals surface area contributed by atoms with E-state index in [-0.39, 0.29) is 31.2 Å². The van der Waals surface area contributed by atoms with Gasteiger partial charge in [0, 0.05) is 23.2 Å². The average Bonchev–Trinajstić information content (AvgIpc) is 2.74. The maximum atomic E-state index is 12.0. The van der Waals surface area contributed by atoms with Gasteiger partial charge in [0.1, 0.15) is 11.5 Å². The van der Waals surface area contributed by atoms with Crippen LogP contribution in [0.4, 0.5) is 0 Å². The average molecular weight is 414 g/mol. The molecule has 0 aliphatic carbocycles. The van der Waals surface area contributed by atoms with Gasteiger partial charge in [-0.15, -0.1) is 0 Å².